The Kier molecular flexibility index (Phi) is 4.24. The third-order valence-electron chi connectivity index (χ3n) is 3.22. The minimum atomic E-state index is -0.221. The molecule has 17 heavy (non-hydrogen) atoms. The van der Waals surface area contributed by atoms with E-state index >= 15 is 0 Å². The summed E-state index contributed by atoms with van der Waals surface area (Å²) in [4.78, 5) is 2.10. The summed E-state index contributed by atoms with van der Waals surface area (Å²) < 4.78 is 13.7. The summed E-state index contributed by atoms with van der Waals surface area (Å²) in [5, 5.41) is 3.80. The monoisotopic (exact) mass is 256 g/mol. The third kappa shape index (κ3) is 3.11. The van der Waals surface area contributed by atoms with E-state index in [1.165, 1.54) is 6.07 Å². The molecule has 0 aromatic heterocycles. The fourth-order valence-corrected chi connectivity index (χ4v) is 2.46. The maximum Gasteiger partial charge on any atom is 0.147 e. The fourth-order valence-electron chi connectivity index (χ4n) is 2.30. The van der Waals surface area contributed by atoms with Crippen molar-refractivity contribution in [3.63, 3.8) is 0 Å². The van der Waals surface area contributed by atoms with Crippen LogP contribution in [0.25, 0.3) is 0 Å². The number of hydrogen-bond donors (Lipinski definition) is 1. The molecule has 0 saturated carbocycles. The van der Waals surface area contributed by atoms with Crippen molar-refractivity contribution in [2.45, 2.75) is 13.3 Å². The van der Waals surface area contributed by atoms with Crippen LogP contribution in [0.2, 0.25) is 5.02 Å². The van der Waals surface area contributed by atoms with Crippen LogP contribution in [-0.2, 0) is 0 Å². The summed E-state index contributed by atoms with van der Waals surface area (Å²) in [6.07, 6.45) is 1.12. The van der Waals surface area contributed by atoms with E-state index in [9.17, 15) is 4.39 Å². The van der Waals surface area contributed by atoms with Crippen molar-refractivity contribution in [2.75, 3.05) is 31.1 Å². The molecule has 2 rings (SSSR count). The van der Waals surface area contributed by atoms with Crippen LogP contribution >= 0.6 is 11.6 Å². The first-order chi connectivity index (χ1) is 8.20. The Balaban J connectivity index is 2.00. The lowest BCUT2D eigenvalue weighted by atomic mass is 10.1. The van der Waals surface area contributed by atoms with Gasteiger partial charge in [0.1, 0.15) is 5.82 Å². The van der Waals surface area contributed by atoms with Gasteiger partial charge in [0.15, 0.2) is 0 Å². The van der Waals surface area contributed by atoms with E-state index in [2.05, 4.69) is 17.1 Å². The van der Waals surface area contributed by atoms with E-state index in [4.69, 9.17) is 11.6 Å². The van der Waals surface area contributed by atoms with E-state index in [1.54, 1.807) is 12.1 Å². The molecule has 1 aliphatic heterocycles. The van der Waals surface area contributed by atoms with E-state index < -0.39 is 0 Å². The maximum atomic E-state index is 13.7. The zero-order valence-corrected chi connectivity index (χ0v) is 10.8. The van der Waals surface area contributed by atoms with Crippen LogP contribution in [0.5, 0.6) is 0 Å². The summed E-state index contributed by atoms with van der Waals surface area (Å²) in [7, 11) is 0. The molecule has 0 radical (unpaired) electrons. The Morgan fingerprint density at radius 3 is 3.06 bits per heavy atom. The first-order valence-corrected chi connectivity index (χ1v) is 6.49. The lowest BCUT2D eigenvalue weighted by molar-refractivity contribution is 0.527. The van der Waals surface area contributed by atoms with E-state index in [0.717, 1.165) is 32.6 Å². The van der Waals surface area contributed by atoms with Gasteiger partial charge in [-0.2, -0.15) is 0 Å². The van der Waals surface area contributed by atoms with Gasteiger partial charge in [-0.05, 0) is 43.6 Å². The average molecular weight is 257 g/mol. The van der Waals surface area contributed by atoms with Crippen molar-refractivity contribution < 1.29 is 4.39 Å². The zero-order chi connectivity index (χ0) is 12.3. The molecule has 0 aliphatic carbocycles. The van der Waals surface area contributed by atoms with Crippen LogP contribution in [0.15, 0.2) is 18.2 Å². The smallest absolute Gasteiger partial charge is 0.147 e. The molecule has 1 N–H and O–H groups in total. The van der Waals surface area contributed by atoms with Gasteiger partial charge in [-0.25, -0.2) is 4.39 Å². The van der Waals surface area contributed by atoms with Gasteiger partial charge >= 0.3 is 0 Å². The number of benzene rings is 1. The predicted octanol–water partition coefficient (Wildman–Crippen LogP) is 2.91. The third-order valence-corrected chi connectivity index (χ3v) is 3.45. The Morgan fingerprint density at radius 2 is 2.35 bits per heavy atom. The van der Waals surface area contributed by atoms with Crippen molar-refractivity contribution >= 4 is 17.3 Å². The van der Waals surface area contributed by atoms with E-state index in [1.807, 2.05) is 0 Å². The molecule has 0 amide bonds. The van der Waals surface area contributed by atoms with Crippen molar-refractivity contribution in [1.29, 1.82) is 0 Å². The highest BCUT2D eigenvalue weighted by Crippen LogP contribution is 2.27. The van der Waals surface area contributed by atoms with Gasteiger partial charge in [0.05, 0.1) is 5.69 Å². The number of anilines is 1. The van der Waals surface area contributed by atoms with Crippen LogP contribution in [0, 0.1) is 11.7 Å². The molecule has 1 aromatic rings. The molecular weight excluding hydrogens is 239 g/mol. The van der Waals surface area contributed by atoms with Crippen molar-refractivity contribution in [2.24, 2.45) is 5.92 Å². The lowest BCUT2D eigenvalue weighted by Gasteiger charge is -2.19. The normalized spacial score (nSPS) is 19.9. The molecule has 4 heteroatoms. The Bertz CT molecular complexity index is 384. The summed E-state index contributed by atoms with van der Waals surface area (Å²) in [6, 6.07) is 4.90. The molecule has 1 heterocycles. The summed E-state index contributed by atoms with van der Waals surface area (Å²) in [6.45, 7) is 5.96. The number of halogens is 2. The molecule has 1 aromatic carbocycles. The molecule has 0 bridgehead atoms. The second kappa shape index (κ2) is 5.69. The second-order valence-electron chi connectivity index (χ2n) is 4.50. The SMILES string of the molecule is CCNCC1CCN(c2ccc(Cl)cc2F)C1. The first kappa shape index (κ1) is 12.7. The molecule has 94 valence electrons. The highest BCUT2D eigenvalue weighted by atomic mass is 35.5. The lowest BCUT2D eigenvalue weighted by Crippen LogP contribution is -2.26. The largest absolute Gasteiger partial charge is 0.369 e. The quantitative estimate of drug-likeness (QED) is 0.891. The molecule has 1 unspecified atom stereocenters. The van der Waals surface area contributed by atoms with E-state index in [-0.39, 0.29) is 5.82 Å². The first-order valence-electron chi connectivity index (χ1n) is 6.11. The molecule has 1 saturated heterocycles. The van der Waals surface area contributed by atoms with Gasteiger partial charge in [0.2, 0.25) is 0 Å². The van der Waals surface area contributed by atoms with Crippen LogP contribution in [0.1, 0.15) is 13.3 Å². The highest BCUT2D eigenvalue weighted by Gasteiger charge is 2.23. The fraction of sp³-hybridized carbons (Fsp3) is 0.538. The standard InChI is InChI=1S/C13H18ClFN2/c1-2-16-8-10-5-6-17(9-10)13-4-3-11(14)7-12(13)15/h3-4,7,10,16H,2,5-6,8-9H2,1H3. The topological polar surface area (TPSA) is 15.3 Å². The predicted molar refractivity (Wildman–Crippen MR) is 70.3 cm³/mol. The maximum absolute atomic E-state index is 13.7. The number of hydrogen-bond acceptors (Lipinski definition) is 2. The second-order valence-corrected chi connectivity index (χ2v) is 4.94. The molecule has 1 atom stereocenters. The van der Waals surface area contributed by atoms with Crippen molar-refractivity contribution in [3.8, 4) is 0 Å². The van der Waals surface area contributed by atoms with Gasteiger partial charge in [0, 0.05) is 18.1 Å². The van der Waals surface area contributed by atoms with Crippen molar-refractivity contribution in [1.82, 2.24) is 5.32 Å². The molecule has 0 spiro atoms. The minimum absolute atomic E-state index is 0.221. The van der Waals surface area contributed by atoms with Gasteiger partial charge in [-0.3, -0.25) is 0 Å². The van der Waals surface area contributed by atoms with Crippen LogP contribution in [0.4, 0.5) is 10.1 Å². The Hall–Kier alpha value is -0.800. The number of rotatable bonds is 4. The summed E-state index contributed by atoms with van der Waals surface area (Å²) in [5.74, 6) is 0.395. The van der Waals surface area contributed by atoms with Gasteiger partial charge < -0.3 is 10.2 Å². The van der Waals surface area contributed by atoms with Gasteiger partial charge in [-0.1, -0.05) is 18.5 Å². The molecule has 2 nitrogen and oxygen atoms in total. The molecule has 1 aliphatic rings. The van der Waals surface area contributed by atoms with Crippen molar-refractivity contribution in [3.05, 3.63) is 29.0 Å². The molecular formula is C13H18ClFN2. The van der Waals surface area contributed by atoms with Crippen LogP contribution in [-0.4, -0.2) is 26.2 Å². The van der Waals surface area contributed by atoms with Gasteiger partial charge in [0.25, 0.3) is 0 Å². The average Bonchev–Trinajstić information content (AvgIpc) is 2.75. The van der Waals surface area contributed by atoms with Crippen LogP contribution in [0.3, 0.4) is 0 Å². The zero-order valence-electron chi connectivity index (χ0n) is 10.0. The molecule has 1 fully saturated rings. The summed E-state index contributed by atoms with van der Waals surface area (Å²) in [5.41, 5.74) is 0.674. The number of nitrogens with one attached hydrogen (secondary N) is 1. The van der Waals surface area contributed by atoms with Gasteiger partial charge in [-0.15, -0.1) is 0 Å². The van der Waals surface area contributed by atoms with Crippen LogP contribution < -0.4 is 10.2 Å². The minimum Gasteiger partial charge on any atom is -0.369 e. The van der Waals surface area contributed by atoms with E-state index in [0.29, 0.717) is 16.6 Å². The highest BCUT2D eigenvalue weighted by molar-refractivity contribution is 6.30. The summed E-state index contributed by atoms with van der Waals surface area (Å²) >= 11 is 5.75. The Labute approximate surface area is 107 Å². The Morgan fingerprint density at radius 1 is 1.53 bits per heavy atom. The number of nitrogens with zero attached hydrogens (tertiary/aromatic N) is 1.